The molecule has 1 aliphatic heterocycles. The molecule has 1 saturated heterocycles. The van der Waals surface area contributed by atoms with E-state index >= 15 is 0 Å². The van der Waals surface area contributed by atoms with Crippen LogP contribution in [0.2, 0.25) is 10.0 Å². The molecular formula is C30H32BrCl2N3O3. The van der Waals surface area contributed by atoms with Gasteiger partial charge in [0.25, 0.3) is 11.8 Å². The lowest BCUT2D eigenvalue weighted by molar-refractivity contribution is 0.0534. The van der Waals surface area contributed by atoms with Gasteiger partial charge in [0.2, 0.25) is 0 Å². The van der Waals surface area contributed by atoms with E-state index in [1.807, 2.05) is 36.4 Å². The Labute approximate surface area is 248 Å². The van der Waals surface area contributed by atoms with Crippen LogP contribution in [0.3, 0.4) is 0 Å². The first-order valence-electron chi connectivity index (χ1n) is 13.1. The third kappa shape index (κ3) is 7.14. The van der Waals surface area contributed by atoms with Gasteiger partial charge in [-0.3, -0.25) is 14.5 Å². The van der Waals surface area contributed by atoms with E-state index in [1.165, 1.54) is 0 Å². The van der Waals surface area contributed by atoms with E-state index in [4.69, 9.17) is 27.9 Å². The van der Waals surface area contributed by atoms with Crippen molar-refractivity contribution in [3.05, 3.63) is 97.4 Å². The third-order valence-electron chi connectivity index (χ3n) is 6.97. The van der Waals surface area contributed by atoms with Gasteiger partial charge in [0, 0.05) is 53.9 Å². The molecule has 0 aliphatic carbocycles. The largest absolute Gasteiger partial charge is 0.489 e. The Balaban J connectivity index is 1.43. The van der Waals surface area contributed by atoms with Gasteiger partial charge in [-0.25, -0.2) is 0 Å². The number of halogens is 3. The van der Waals surface area contributed by atoms with Gasteiger partial charge < -0.3 is 14.5 Å². The first-order chi connectivity index (χ1) is 18.8. The maximum absolute atomic E-state index is 13.5. The molecule has 4 rings (SSSR count). The summed E-state index contributed by atoms with van der Waals surface area (Å²) in [6.07, 6.45) is 0. The highest BCUT2D eigenvalue weighted by molar-refractivity contribution is 9.10. The van der Waals surface area contributed by atoms with Crippen molar-refractivity contribution >= 4 is 50.9 Å². The van der Waals surface area contributed by atoms with Crippen LogP contribution >= 0.6 is 39.1 Å². The van der Waals surface area contributed by atoms with Crippen LogP contribution in [0.4, 0.5) is 0 Å². The van der Waals surface area contributed by atoms with Gasteiger partial charge in [0.05, 0.1) is 15.6 Å². The van der Waals surface area contributed by atoms with E-state index < -0.39 is 0 Å². The van der Waals surface area contributed by atoms with Gasteiger partial charge in [-0.2, -0.15) is 0 Å². The molecule has 9 heteroatoms. The zero-order chi connectivity index (χ0) is 27.9. The summed E-state index contributed by atoms with van der Waals surface area (Å²) in [6.45, 7) is 8.89. The maximum atomic E-state index is 13.5. The predicted octanol–water partition coefficient (Wildman–Crippen LogP) is 6.77. The zero-order valence-corrected chi connectivity index (χ0v) is 25.2. The lowest BCUT2D eigenvalue weighted by Gasteiger charge is -2.35. The maximum Gasteiger partial charge on any atom is 0.257 e. The number of piperazine rings is 1. The highest BCUT2D eigenvalue weighted by Gasteiger charge is 2.28. The Kier molecular flexibility index (Phi) is 10.3. The topological polar surface area (TPSA) is 53.1 Å². The average Bonchev–Trinajstić information content (AvgIpc) is 2.95. The van der Waals surface area contributed by atoms with Crippen molar-refractivity contribution in [2.24, 2.45) is 0 Å². The van der Waals surface area contributed by atoms with Crippen LogP contribution < -0.4 is 4.74 Å². The second-order valence-corrected chi connectivity index (χ2v) is 11.1. The molecule has 1 aliphatic rings. The molecule has 0 saturated carbocycles. The van der Waals surface area contributed by atoms with Crippen molar-refractivity contribution < 1.29 is 14.3 Å². The van der Waals surface area contributed by atoms with Crippen LogP contribution in [0, 0.1) is 0 Å². The molecule has 3 aromatic rings. The second kappa shape index (κ2) is 13.7. The molecule has 1 heterocycles. The fourth-order valence-electron chi connectivity index (χ4n) is 4.65. The van der Waals surface area contributed by atoms with Gasteiger partial charge in [0.1, 0.15) is 12.4 Å². The van der Waals surface area contributed by atoms with Crippen LogP contribution in [0.1, 0.15) is 45.7 Å². The number of hydrogen-bond donors (Lipinski definition) is 0. The van der Waals surface area contributed by atoms with Crippen LogP contribution in [0.15, 0.2) is 65.1 Å². The number of nitrogens with zero attached hydrogens (tertiary/aromatic N) is 3. The fourth-order valence-corrected chi connectivity index (χ4v) is 5.62. The van der Waals surface area contributed by atoms with Crippen LogP contribution in [0.5, 0.6) is 5.75 Å². The number of hydrogen-bond acceptors (Lipinski definition) is 4. The zero-order valence-electron chi connectivity index (χ0n) is 22.1. The summed E-state index contributed by atoms with van der Waals surface area (Å²) in [5, 5.41) is 0.650. The quantitative estimate of drug-likeness (QED) is 0.261. The summed E-state index contributed by atoms with van der Waals surface area (Å²) in [4.78, 5) is 32.4. The van der Waals surface area contributed by atoms with E-state index in [0.717, 1.165) is 41.0 Å². The minimum Gasteiger partial charge on any atom is -0.489 e. The highest BCUT2D eigenvalue weighted by Crippen LogP contribution is 2.28. The van der Waals surface area contributed by atoms with Gasteiger partial charge in [-0.05, 0) is 49.5 Å². The van der Waals surface area contributed by atoms with Crippen LogP contribution in [-0.4, -0.2) is 65.8 Å². The van der Waals surface area contributed by atoms with Gasteiger partial charge >= 0.3 is 0 Å². The van der Waals surface area contributed by atoms with Gasteiger partial charge in [-0.15, -0.1) is 0 Å². The number of amides is 2. The molecule has 0 spiro atoms. The van der Waals surface area contributed by atoms with Crippen molar-refractivity contribution in [3.8, 4) is 5.75 Å². The van der Waals surface area contributed by atoms with Crippen molar-refractivity contribution in [2.45, 2.75) is 27.0 Å². The lowest BCUT2D eigenvalue weighted by atomic mass is 10.1. The number of carbonyl (C=O) groups excluding carboxylic acids is 2. The Bertz CT molecular complexity index is 1300. The molecular weight excluding hydrogens is 601 g/mol. The van der Waals surface area contributed by atoms with Crippen molar-refractivity contribution in [2.75, 3.05) is 39.3 Å². The molecule has 39 heavy (non-hydrogen) atoms. The molecule has 0 radical (unpaired) electrons. The molecule has 6 nitrogen and oxygen atoms in total. The molecule has 3 aromatic carbocycles. The molecule has 0 N–H and O–H groups in total. The Morgan fingerprint density at radius 3 is 2.10 bits per heavy atom. The van der Waals surface area contributed by atoms with Crippen molar-refractivity contribution in [1.29, 1.82) is 0 Å². The Morgan fingerprint density at radius 2 is 1.46 bits per heavy atom. The first-order valence-corrected chi connectivity index (χ1v) is 14.6. The van der Waals surface area contributed by atoms with E-state index in [-0.39, 0.29) is 18.4 Å². The van der Waals surface area contributed by atoms with Crippen LogP contribution in [0.25, 0.3) is 0 Å². The molecule has 206 valence electrons. The molecule has 0 unspecified atom stereocenters. The van der Waals surface area contributed by atoms with Crippen LogP contribution in [-0.2, 0) is 13.2 Å². The van der Waals surface area contributed by atoms with E-state index in [1.54, 1.807) is 28.0 Å². The fraction of sp³-hybridized carbons (Fsp3) is 0.333. The molecule has 0 bridgehead atoms. The first kappa shape index (κ1) is 29.4. The lowest BCUT2D eigenvalue weighted by Crippen LogP contribution is -2.50. The molecule has 2 amide bonds. The minimum atomic E-state index is -0.221. The Morgan fingerprint density at radius 1 is 0.846 bits per heavy atom. The number of benzene rings is 3. The Hall–Kier alpha value is -2.58. The van der Waals surface area contributed by atoms with Crippen molar-refractivity contribution in [1.82, 2.24) is 14.7 Å². The molecule has 1 fully saturated rings. The number of rotatable bonds is 9. The summed E-state index contributed by atoms with van der Waals surface area (Å²) < 4.78 is 7.27. The average molecular weight is 633 g/mol. The normalized spacial score (nSPS) is 13.6. The second-order valence-electron chi connectivity index (χ2n) is 9.34. The van der Waals surface area contributed by atoms with E-state index in [0.29, 0.717) is 47.4 Å². The number of ether oxygens (including phenoxy) is 1. The summed E-state index contributed by atoms with van der Waals surface area (Å²) in [6, 6.07) is 18.6. The summed E-state index contributed by atoms with van der Waals surface area (Å²) >= 11 is 16.0. The standard InChI is InChI=1S/C30H32BrCl2N3O3/c1-3-34(4-2)19-22-18-23(31)12-13-27(22)39-20-21-8-5-6-9-24(21)29(37)35-14-16-36(17-15-35)30(38)28-25(32)10-7-11-26(28)33/h5-13,18H,3-4,14-17,19-20H2,1-2H3. The van der Waals surface area contributed by atoms with Gasteiger partial charge in [0.15, 0.2) is 0 Å². The highest BCUT2D eigenvalue weighted by atomic mass is 79.9. The van der Waals surface area contributed by atoms with Crippen molar-refractivity contribution in [3.63, 3.8) is 0 Å². The molecule has 0 aromatic heterocycles. The minimum absolute atomic E-state index is 0.0729. The molecule has 0 atom stereocenters. The smallest absolute Gasteiger partial charge is 0.257 e. The summed E-state index contributed by atoms with van der Waals surface area (Å²) in [7, 11) is 0. The predicted molar refractivity (Wildman–Crippen MR) is 160 cm³/mol. The number of carbonyl (C=O) groups is 2. The summed E-state index contributed by atoms with van der Waals surface area (Å²) in [5.41, 5.74) is 2.82. The van der Waals surface area contributed by atoms with E-state index in [9.17, 15) is 9.59 Å². The monoisotopic (exact) mass is 631 g/mol. The SMILES string of the molecule is CCN(CC)Cc1cc(Br)ccc1OCc1ccccc1C(=O)N1CCN(C(=O)c2c(Cl)cccc2Cl)CC1. The third-order valence-corrected chi connectivity index (χ3v) is 8.10. The van der Waals surface area contributed by atoms with Gasteiger partial charge in [-0.1, -0.05) is 77.2 Å². The van der Waals surface area contributed by atoms with E-state index in [2.05, 4.69) is 40.7 Å². The summed E-state index contributed by atoms with van der Waals surface area (Å²) in [5.74, 6) is 0.510.